The van der Waals surface area contributed by atoms with Crippen LogP contribution < -0.4 is 15.1 Å². The number of piperazine rings is 1. The van der Waals surface area contributed by atoms with E-state index in [1.54, 1.807) is 13.2 Å². The zero-order valence-electron chi connectivity index (χ0n) is 24.0. The van der Waals surface area contributed by atoms with Crippen molar-refractivity contribution in [1.29, 1.82) is 0 Å². The van der Waals surface area contributed by atoms with Crippen LogP contribution in [-0.2, 0) is 19.4 Å². The average molecular weight is 565 g/mol. The molecule has 0 saturated carbocycles. The monoisotopic (exact) mass is 564 g/mol. The highest BCUT2D eigenvalue weighted by Gasteiger charge is 2.49. The van der Waals surface area contributed by atoms with Crippen molar-refractivity contribution in [2.75, 3.05) is 37.4 Å². The maximum Gasteiger partial charge on any atom is 0.410 e. The molecule has 217 valence electrons. The third-order valence-electron chi connectivity index (χ3n) is 7.27. The van der Waals surface area contributed by atoms with E-state index in [9.17, 15) is 21.6 Å². The first kappa shape index (κ1) is 32.6. The Morgan fingerprint density at radius 1 is 1.05 bits per heavy atom. The lowest BCUT2D eigenvalue weighted by Gasteiger charge is -2.42. The Kier molecular flexibility index (Phi) is 10.2. The topological polar surface area (TPSA) is 81.2 Å². The standard InChI is InChI=1S/C25H42BF3N3O5S/c1-10-12-22(3,4)36-21-16-18(26-37-24(7,8)23(5,6)35-9)15-20(30-21)32-14-13-31(38(33,34)11-2)17-19(32)25(27,28)29/h15-16,19H,10-14,17H2,1-9H3. The van der Waals surface area contributed by atoms with E-state index < -0.39 is 45.6 Å². The fraction of sp³-hybridized carbons (Fsp3) is 0.800. The van der Waals surface area contributed by atoms with Crippen LogP contribution in [0.15, 0.2) is 12.1 Å². The number of halogens is 3. The maximum atomic E-state index is 14.2. The quantitative estimate of drug-likeness (QED) is 0.356. The minimum atomic E-state index is -4.69. The number of hydrogen-bond donors (Lipinski definition) is 0. The van der Waals surface area contributed by atoms with Crippen LogP contribution in [-0.4, -0.2) is 86.7 Å². The van der Waals surface area contributed by atoms with Crippen molar-refractivity contribution in [1.82, 2.24) is 9.29 Å². The second kappa shape index (κ2) is 11.9. The molecule has 1 aliphatic rings. The van der Waals surface area contributed by atoms with Crippen molar-refractivity contribution < 1.29 is 35.7 Å². The lowest BCUT2D eigenvalue weighted by molar-refractivity contribution is -0.153. The van der Waals surface area contributed by atoms with Crippen molar-refractivity contribution in [3.63, 3.8) is 0 Å². The van der Waals surface area contributed by atoms with Gasteiger partial charge in [-0.2, -0.15) is 22.5 Å². The Labute approximate surface area is 226 Å². The summed E-state index contributed by atoms with van der Waals surface area (Å²) in [7, 11) is -0.744. The molecule has 1 saturated heterocycles. The molecule has 1 aliphatic heterocycles. The number of aromatic nitrogens is 1. The number of pyridine rings is 1. The number of methoxy groups -OCH3 is 1. The Hall–Kier alpha value is -1.57. The van der Waals surface area contributed by atoms with E-state index in [1.165, 1.54) is 20.5 Å². The van der Waals surface area contributed by atoms with Gasteiger partial charge in [0.05, 0.1) is 17.0 Å². The van der Waals surface area contributed by atoms with Crippen molar-refractivity contribution in [2.45, 2.75) is 97.3 Å². The third kappa shape index (κ3) is 7.98. The summed E-state index contributed by atoms with van der Waals surface area (Å²) < 4.78 is 86.0. The summed E-state index contributed by atoms with van der Waals surface area (Å²) in [6.45, 7) is 13.7. The fourth-order valence-corrected chi connectivity index (χ4v) is 5.16. The lowest BCUT2D eigenvalue weighted by atomic mass is 9.82. The van der Waals surface area contributed by atoms with Crippen LogP contribution >= 0.6 is 0 Å². The first-order valence-corrected chi connectivity index (χ1v) is 14.5. The Morgan fingerprint density at radius 2 is 1.68 bits per heavy atom. The van der Waals surface area contributed by atoms with Crippen LogP contribution in [0.25, 0.3) is 0 Å². The molecule has 1 radical (unpaired) electrons. The molecule has 0 spiro atoms. The fourth-order valence-electron chi connectivity index (χ4n) is 4.06. The molecule has 0 bridgehead atoms. The van der Waals surface area contributed by atoms with E-state index in [-0.39, 0.29) is 30.5 Å². The zero-order chi connectivity index (χ0) is 29.2. The molecular formula is C25H42BF3N3O5S. The van der Waals surface area contributed by atoms with E-state index in [2.05, 4.69) is 4.98 Å². The van der Waals surface area contributed by atoms with Gasteiger partial charge in [0.1, 0.15) is 17.5 Å². The molecule has 8 nitrogen and oxygen atoms in total. The molecule has 0 N–H and O–H groups in total. The summed E-state index contributed by atoms with van der Waals surface area (Å²) in [5, 5.41) is 0. The minimum Gasteiger partial charge on any atom is -0.472 e. The van der Waals surface area contributed by atoms with Crippen LogP contribution in [0.3, 0.4) is 0 Å². The molecule has 1 aromatic rings. The number of ether oxygens (including phenoxy) is 2. The number of rotatable bonds is 12. The molecular weight excluding hydrogens is 522 g/mol. The minimum absolute atomic E-state index is 0.0318. The number of nitrogens with zero attached hydrogens (tertiary/aromatic N) is 3. The van der Waals surface area contributed by atoms with Gasteiger partial charge in [0, 0.05) is 26.7 Å². The van der Waals surface area contributed by atoms with E-state index >= 15 is 0 Å². The molecule has 1 unspecified atom stereocenters. The summed E-state index contributed by atoms with van der Waals surface area (Å²) in [5.74, 6) is -0.0797. The van der Waals surface area contributed by atoms with Crippen LogP contribution in [0.5, 0.6) is 5.88 Å². The van der Waals surface area contributed by atoms with Gasteiger partial charge in [-0.25, -0.2) is 8.42 Å². The molecule has 38 heavy (non-hydrogen) atoms. The normalized spacial score (nSPS) is 18.5. The number of sulfonamides is 1. The molecule has 13 heteroatoms. The van der Waals surface area contributed by atoms with Crippen LogP contribution in [0.4, 0.5) is 19.0 Å². The van der Waals surface area contributed by atoms with Gasteiger partial charge < -0.3 is 19.0 Å². The van der Waals surface area contributed by atoms with Crippen LogP contribution in [0.2, 0.25) is 0 Å². The van der Waals surface area contributed by atoms with Crippen molar-refractivity contribution in [2.24, 2.45) is 0 Å². The lowest BCUT2D eigenvalue weighted by Crippen LogP contribution is -2.60. The first-order chi connectivity index (χ1) is 17.3. The van der Waals surface area contributed by atoms with Gasteiger partial charge in [-0.05, 0) is 72.5 Å². The molecule has 0 aromatic carbocycles. The Morgan fingerprint density at radius 3 is 2.21 bits per heavy atom. The summed E-state index contributed by atoms with van der Waals surface area (Å²) in [6, 6.07) is 1.05. The van der Waals surface area contributed by atoms with Gasteiger partial charge in [-0.15, -0.1) is 0 Å². The van der Waals surface area contributed by atoms with E-state index in [4.69, 9.17) is 14.1 Å². The molecule has 2 rings (SSSR count). The first-order valence-electron chi connectivity index (χ1n) is 12.9. The van der Waals surface area contributed by atoms with Gasteiger partial charge >= 0.3 is 13.7 Å². The highest BCUT2D eigenvalue weighted by Crippen LogP contribution is 2.33. The molecule has 0 aliphatic carbocycles. The number of anilines is 1. The second-order valence-corrected chi connectivity index (χ2v) is 13.4. The predicted molar refractivity (Wildman–Crippen MR) is 144 cm³/mol. The largest absolute Gasteiger partial charge is 0.472 e. The molecule has 1 fully saturated rings. The van der Waals surface area contributed by atoms with Gasteiger partial charge in [-0.3, -0.25) is 0 Å². The van der Waals surface area contributed by atoms with Gasteiger partial charge in [0.25, 0.3) is 0 Å². The van der Waals surface area contributed by atoms with E-state index in [0.29, 0.717) is 11.9 Å². The van der Waals surface area contributed by atoms with E-state index in [0.717, 1.165) is 15.6 Å². The second-order valence-electron chi connectivity index (χ2n) is 11.2. The third-order valence-corrected chi connectivity index (χ3v) is 9.11. The van der Waals surface area contributed by atoms with E-state index in [1.807, 2.05) is 48.5 Å². The summed E-state index contributed by atoms with van der Waals surface area (Å²) in [5.41, 5.74) is -1.58. The summed E-state index contributed by atoms with van der Waals surface area (Å²) in [6.07, 6.45) is -3.13. The van der Waals surface area contributed by atoms with Crippen molar-refractivity contribution in [3.8, 4) is 5.88 Å². The van der Waals surface area contributed by atoms with Crippen molar-refractivity contribution >= 4 is 28.8 Å². The van der Waals surface area contributed by atoms with Gasteiger partial charge in [0.15, 0.2) is 0 Å². The maximum absolute atomic E-state index is 14.2. The van der Waals surface area contributed by atoms with Crippen molar-refractivity contribution in [3.05, 3.63) is 12.1 Å². The van der Waals surface area contributed by atoms with Crippen LogP contribution in [0.1, 0.15) is 68.2 Å². The number of hydrogen-bond acceptors (Lipinski definition) is 7. The zero-order valence-corrected chi connectivity index (χ0v) is 24.8. The molecule has 0 amide bonds. The summed E-state index contributed by atoms with van der Waals surface area (Å²) >= 11 is 0. The van der Waals surface area contributed by atoms with Crippen LogP contribution in [0, 0.1) is 0 Å². The number of alkyl halides is 3. The average Bonchev–Trinajstić information content (AvgIpc) is 2.81. The molecule has 2 heterocycles. The highest BCUT2D eigenvalue weighted by atomic mass is 32.2. The highest BCUT2D eigenvalue weighted by molar-refractivity contribution is 7.89. The summed E-state index contributed by atoms with van der Waals surface area (Å²) in [4.78, 5) is 5.54. The SMILES string of the molecule is CCCC(C)(C)Oc1cc([B]OC(C)(C)C(C)(C)OC)cc(N2CCN(S(=O)(=O)CC)CC2C(F)(F)F)n1. The predicted octanol–water partition coefficient (Wildman–Crippen LogP) is 3.91. The Bertz CT molecular complexity index is 1050. The van der Waals surface area contributed by atoms with Gasteiger partial charge in [0.2, 0.25) is 15.9 Å². The molecule has 1 aromatic heterocycles. The smallest absolute Gasteiger partial charge is 0.410 e. The Balaban J connectivity index is 2.51. The molecule has 1 atom stereocenters. The van der Waals surface area contributed by atoms with Gasteiger partial charge in [-0.1, -0.05) is 13.3 Å².